The smallest absolute Gasteiger partial charge is 0.236 e. The molecule has 0 aromatic rings. The summed E-state index contributed by atoms with van der Waals surface area (Å²) in [4.78, 5) is 13.5. The van der Waals surface area contributed by atoms with Gasteiger partial charge in [-0.2, -0.15) is 0 Å². The summed E-state index contributed by atoms with van der Waals surface area (Å²) < 4.78 is 0. The number of nitrogens with zero attached hydrogens (tertiary/aromatic N) is 1. The molecule has 0 saturated heterocycles. The Morgan fingerprint density at radius 3 is 2.43 bits per heavy atom. The number of nitrogens with one attached hydrogen (secondary N) is 1. The number of carbonyl (C=O) groups is 1. The summed E-state index contributed by atoms with van der Waals surface area (Å²) in [6, 6.07) is 0.935. The summed E-state index contributed by atoms with van der Waals surface area (Å²) in [5, 5.41) is 3.24. The van der Waals surface area contributed by atoms with Crippen molar-refractivity contribution >= 4 is 5.91 Å². The maximum atomic E-state index is 11.7. The Balaban J connectivity index is 2.26. The minimum atomic E-state index is 0.207. The molecule has 0 aromatic carbocycles. The van der Waals surface area contributed by atoms with Crippen LogP contribution in [0.25, 0.3) is 0 Å². The quantitative estimate of drug-likeness (QED) is 0.721. The Hall–Kier alpha value is -0.570. The molecule has 1 saturated carbocycles. The van der Waals surface area contributed by atoms with Crippen LogP contribution in [-0.4, -0.2) is 36.5 Å². The predicted molar refractivity (Wildman–Crippen MR) is 58.1 cm³/mol. The summed E-state index contributed by atoms with van der Waals surface area (Å²) in [5.74, 6) is 0.725. The van der Waals surface area contributed by atoms with Crippen molar-refractivity contribution in [2.45, 2.75) is 45.7 Å². The van der Waals surface area contributed by atoms with Crippen molar-refractivity contribution in [3.8, 4) is 0 Å². The molecule has 3 nitrogen and oxygen atoms in total. The van der Waals surface area contributed by atoms with Gasteiger partial charge in [-0.25, -0.2) is 0 Å². The normalized spacial score (nSPS) is 18.4. The average Bonchev–Trinajstić information content (AvgIpc) is 2.95. The van der Waals surface area contributed by atoms with Gasteiger partial charge in [0.2, 0.25) is 5.91 Å². The zero-order valence-electron chi connectivity index (χ0n) is 9.71. The van der Waals surface area contributed by atoms with Gasteiger partial charge < -0.3 is 10.2 Å². The lowest BCUT2D eigenvalue weighted by Gasteiger charge is -2.28. The topological polar surface area (TPSA) is 32.3 Å². The van der Waals surface area contributed by atoms with E-state index in [9.17, 15) is 4.79 Å². The van der Waals surface area contributed by atoms with Crippen LogP contribution in [0.15, 0.2) is 0 Å². The van der Waals surface area contributed by atoms with Gasteiger partial charge in [0.05, 0.1) is 6.54 Å². The predicted octanol–water partition coefficient (Wildman–Crippen LogP) is 1.24. The van der Waals surface area contributed by atoms with Crippen molar-refractivity contribution in [3.05, 3.63) is 0 Å². The van der Waals surface area contributed by atoms with E-state index in [0.29, 0.717) is 24.5 Å². The van der Waals surface area contributed by atoms with Crippen molar-refractivity contribution in [1.29, 1.82) is 0 Å². The number of likely N-dealkylation sites (N-methyl/N-ethyl adjacent to an activating group) is 1. The van der Waals surface area contributed by atoms with Crippen LogP contribution in [0.3, 0.4) is 0 Å². The molecule has 1 rings (SSSR count). The Kier molecular flexibility index (Phi) is 3.93. The maximum absolute atomic E-state index is 11.7. The maximum Gasteiger partial charge on any atom is 0.236 e. The van der Waals surface area contributed by atoms with Crippen LogP contribution in [0.1, 0.15) is 33.6 Å². The first-order chi connectivity index (χ1) is 6.52. The van der Waals surface area contributed by atoms with Crippen LogP contribution in [0, 0.1) is 5.92 Å². The standard InChI is InChI=1S/C11H22N2O/c1-8(2)9(3)13(4)11(14)7-12-10-5-6-10/h8-10,12H,5-7H2,1-4H3. The van der Waals surface area contributed by atoms with Gasteiger partial charge >= 0.3 is 0 Å². The monoisotopic (exact) mass is 198 g/mol. The van der Waals surface area contributed by atoms with Crippen molar-refractivity contribution in [3.63, 3.8) is 0 Å². The fraction of sp³-hybridized carbons (Fsp3) is 0.909. The van der Waals surface area contributed by atoms with Crippen LogP contribution in [0.2, 0.25) is 0 Å². The van der Waals surface area contributed by atoms with Crippen molar-refractivity contribution < 1.29 is 4.79 Å². The number of amides is 1. The fourth-order valence-corrected chi connectivity index (χ4v) is 1.32. The van der Waals surface area contributed by atoms with Crippen LogP contribution >= 0.6 is 0 Å². The van der Waals surface area contributed by atoms with E-state index in [1.54, 1.807) is 0 Å². The van der Waals surface area contributed by atoms with Gasteiger partial charge in [0.1, 0.15) is 0 Å². The van der Waals surface area contributed by atoms with E-state index in [4.69, 9.17) is 0 Å². The summed E-state index contributed by atoms with van der Waals surface area (Å²) in [6.07, 6.45) is 2.47. The Bertz CT molecular complexity index is 199. The molecule has 0 bridgehead atoms. The highest BCUT2D eigenvalue weighted by Crippen LogP contribution is 2.18. The molecule has 0 spiro atoms. The van der Waals surface area contributed by atoms with Crippen molar-refractivity contribution in [2.24, 2.45) is 5.92 Å². The molecule has 1 fully saturated rings. The van der Waals surface area contributed by atoms with Crippen LogP contribution in [0.5, 0.6) is 0 Å². The zero-order chi connectivity index (χ0) is 10.7. The first kappa shape index (κ1) is 11.5. The SMILES string of the molecule is CC(C)C(C)N(C)C(=O)CNC1CC1. The van der Waals surface area contributed by atoms with E-state index in [-0.39, 0.29) is 5.91 Å². The summed E-state index contributed by atoms with van der Waals surface area (Å²) >= 11 is 0. The first-order valence-electron chi connectivity index (χ1n) is 5.51. The van der Waals surface area contributed by atoms with Gasteiger partial charge in [0.25, 0.3) is 0 Å². The van der Waals surface area contributed by atoms with E-state index in [1.165, 1.54) is 12.8 Å². The second-order valence-corrected chi connectivity index (χ2v) is 4.64. The van der Waals surface area contributed by atoms with E-state index < -0.39 is 0 Å². The summed E-state index contributed by atoms with van der Waals surface area (Å²) in [5.41, 5.74) is 0. The molecule has 1 N–H and O–H groups in total. The number of hydrogen-bond acceptors (Lipinski definition) is 2. The summed E-state index contributed by atoms with van der Waals surface area (Å²) in [7, 11) is 1.89. The third kappa shape index (κ3) is 3.29. The minimum absolute atomic E-state index is 0.207. The van der Waals surface area contributed by atoms with Crippen molar-refractivity contribution in [2.75, 3.05) is 13.6 Å². The molecule has 0 aliphatic heterocycles. The Labute approximate surface area is 86.9 Å². The lowest BCUT2D eigenvalue weighted by molar-refractivity contribution is -0.131. The molecular formula is C11H22N2O. The number of rotatable bonds is 5. The second-order valence-electron chi connectivity index (χ2n) is 4.64. The molecular weight excluding hydrogens is 176 g/mol. The van der Waals surface area contributed by atoms with E-state index >= 15 is 0 Å². The van der Waals surface area contributed by atoms with E-state index in [2.05, 4.69) is 26.1 Å². The van der Waals surface area contributed by atoms with Gasteiger partial charge in [0.15, 0.2) is 0 Å². The fourth-order valence-electron chi connectivity index (χ4n) is 1.32. The van der Waals surface area contributed by atoms with Crippen molar-refractivity contribution in [1.82, 2.24) is 10.2 Å². The molecule has 1 aliphatic carbocycles. The van der Waals surface area contributed by atoms with Gasteiger partial charge in [0, 0.05) is 19.1 Å². The third-order valence-corrected chi connectivity index (χ3v) is 3.09. The highest BCUT2D eigenvalue weighted by molar-refractivity contribution is 5.78. The van der Waals surface area contributed by atoms with Gasteiger partial charge in [-0.1, -0.05) is 13.8 Å². The zero-order valence-corrected chi connectivity index (χ0v) is 9.71. The first-order valence-corrected chi connectivity index (χ1v) is 5.51. The average molecular weight is 198 g/mol. The molecule has 0 radical (unpaired) electrons. The Morgan fingerprint density at radius 2 is 2.00 bits per heavy atom. The van der Waals surface area contributed by atoms with Gasteiger partial charge in [-0.05, 0) is 25.7 Å². The molecule has 14 heavy (non-hydrogen) atoms. The molecule has 0 aromatic heterocycles. The molecule has 1 atom stereocenters. The molecule has 82 valence electrons. The molecule has 1 amide bonds. The second kappa shape index (κ2) is 4.78. The van der Waals surface area contributed by atoms with Crippen LogP contribution < -0.4 is 5.32 Å². The molecule has 3 heteroatoms. The van der Waals surface area contributed by atoms with Gasteiger partial charge in [-0.15, -0.1) is 0 Å². The third-order valence-electron chi connectivity index (χ3n) is 3.09. The Morgan fingerprint density at radius 1 is 1.43 bits per heavy atom. The molecule has 1 aliphatic rings. The highest BCUT2D eigenvalue weighted by Gasteiger charge is 2.23. The molecule has 1 unspecified atom stereocenters. The lowest BCUT2D eigenvalue weighted by Crippen LogP contribution is -2.43. The van der Waals surface area contributed by atoms with E-state index in [1.807, 2.05) is 11.9 Å². The number of carbonyl (C=O) groups excluding carboxylic acids is 1. The van der Waals surface area contributed by atoms with Crippen LogP contribution in [0.4, 0.5) is 0 Å². The lowest BCUT2D eigenvalue weighted by atomic mass is 10.1. The largest absolute Gasteiger partial charge is 0.342 e. The minimum Gasteiger partial charge on any atom is -0.342 e. The summed E-state index contributed by atoms with van der Waals surface area (Å²) in [6.45, 7) is 6.88. The van der Waals surface area contributed by atoms with Crippen LogP contribution in [-0.2, 0) is 4.79 Å². The number of hydrogen-bond donors (Lipinski definition) is 1. The molecule has 0 heterocycles. The highest BCUT2D eigenvalue weighted by atomic mass is 16.2. The van der Waals surface area contributed by atoms with E-state index in [0.717, 1.165) is 0 Å². The van der Waals surface area contributed by atoms with Gasteiger partial charge in [-0.3, -0.25) is 4.79 Å².